The van der Waals surface area contributed by atoms with Gasteiger partial charge in [-0.25, -0.2) is 4.98 Å². The number of aromatic nitrogens is 1. The van der Waals surface area contributed by atoms with E-state index >= 15 is 0 Å². The Morgan fingerprint density at radius 2 is 2.27 bits per heavy atom. The molecule has 0 saturated carbocycles. The maximum absolute atomic E-state index is 9.20. The molecule has 1 aromatic rings. The fraction of sp³-hybridized carbons (Fsp3) is 0.571. The van der Waals surface area contributed by atoms with Crippen molar-refractivity contribution in [3.05, 3.63) is 15.6 Å². The summed E-state index contributed by atoms with van der Waals surface area (Å²) < 4.78 is 0. The summed E-state index contributed by atoms with van der Waals surface area (Å²) in [4.78, 5) is 4.90. The van der Waals surface area contributed by atoms with Crippen LogP contribution in [-0.4, -0.2) is 15.2 Å². The van der Waals surface area contributed by atoms with Gasteiger partial charge in [0.25, 0.3) is 0 Å². The molecule has 1 atom stereocenters. The highest BCUT2D eigenvalue weighted by Gasteiger charge is 2.10. The minimum atomic E-state index is -0.479. The van der Waals surface area contributed by atoms with E-state index < -0.39 is 6.10 Å². The van der Waals surface area contributed by atoms with Gasteiger partial charge in [0.1, 0.15) is 5.01 Å². The van der Waals surface area contributed by atoms with Crippen molar-refractivity contribution in [2.24, 2.45) is 0 Å². The number of aliphatic hydroxyl groups is 2. The maximum Gasteiger partial charge on any atom is 0.119 e. The predicted octanol–water partition coefficient (Wildman–Crippen LogP) is 0.997. The molecule has 62 valence electrons. The molecule has 0 spiro atoms. The van der Waals surface area contributed by atoms with Crippen molar-refractivity contribution in [3.63, 3.8) is 0 Å². The summed E-state index contributed by atoms with van der Waals surface area (Å²) in [5.74, 6) is 0. The van der Waals surface area contributed by atoms with E-state index in [-0.39, 0.29) is 6.61 Å². The lowest BCUT2D eigenvalue weighted by molar-refractivity contribution is 0.202. The fourth-order valence-electron chi connectivity index (χ4n) is 0.921. The third-order valence-electron chi connectivity index (χ3n) is 1.39. The van der Waals surface area contributed by atoms with Gasteiger partial charge in [-0.15, -0.1) is 11.3 Å². The molecule has 4 heteroatoms. The average Bonchev–Trinajstić information content (AvgIpc) is 2.30. The van der Waals surface area contributed by atoms with Crippen LogP contribution in [0, 0.1) is 6.92 Å². The Kier molecular flexibility index (Phi) is 2.59. The van der Waals surface area contributed by atoms with Crippen molar-refractivity contribution in [1.29, 1.82) is 0 Å². The summed E-state index contributed by atoms with van der Waals surface area (Å²) in [6, 6.07) is 0. The molecule has 0 aliphatic heterocycles. The predicted molar refractivity (Wildman–Crippen MR) is 43.4 cm³/mol. The van der Waals surface area contributed by atoms with Gasteiger partial charge in [0.15, 0.2) is 0 Å². The van der Waals surface area contributed by atoms with Crippen molar-refractivity contribution >= 4 is 11.3 Å². The summed E-state index contributed by atoms with van der Waals surface area (Å²) in [5, 5.41) is 18.6. The molecular formula is C7H11NO2S. The van der Waals surface area contributed by atoms with Crippen LogP contribution in [-0.2, 0) is 6.61 Å². The zero-order valence-corrected chi connectivity index (χ0v) is 7.35. The molecular weight excluding hydrogens is 162 g/mol. The fourth-order valence-corrected chi connectivity index (χ4v) is 1.79. The Bertz CT molecular complexity index is 245. The summed E-state index contributed by atoms with van der Waals surface area (Å²) in [5.41, 5.74) is 0.814. The lowest BCUT2D eigenvalue weighted by atomic mass is 10.3. The molecule has 0 aliphatic rings. The number of hydrogen-bond acceptors (Lipinski definition) is 4. The van der Waals surface area contributed by atoms with Crippen molar-refractivity contribution in [3.8, 4) is 0 Å². The Morgan fingerprint density at radius 3 is 2.55 bits per heavy atom. The van der Waals surface area contributed by atoms with Crippen LogP contribution < -0.4 is 0 Å². The van der Waals surface area contributed by atoms with Gasteiger partial charge in [0, 0.05) is 0 Å². The van der Waals surface area contributed by atoms with Crippen LogP contribution in [0.2, 0.25) is 0 Å². The maximum atomic E-state index is 9.20. The largest absolute Gasteiger partial charge is 0.389 e. The van der Waals surface area contributed by atoms with Crippen molar-refractivity contribution in [2.75, 3.05) is 0 Å². The Hall–Kier alpha value is -0.450. The normalized spacial score (nSPS) is 13.5. The first-order valence-corrected chi connectivity index (χ1v) is 4.22. The zero-order chi connectivity index (χ0) is 8.43. The Labute approximate surface area is 69.3 Å². The van der Waals surface area contributed by atoms with Crippen LogP contribution in [0.3, 0.4) is 0 Å². The zero-order valence-electron chi connectivity index (χ0n) is 6.53. The van der Waals surface area contributed by atoms with E-state index in [1.807, 2.05) is 6.92 Å². The standard InChI is InChI=1S/C7H11NO2S/c1-4-7(5(2)10)11-6(3-9)8-4/h5,9-10H,3H2,1-2H3. The van der Waals surface area contributed by atoms with Gasteiger partial charge in [-0.1, -0.05) is 0 Å². The van der Waals surface area contributed by atoms with Crippen LogP contribution in [0.4, 0.5) is 0 Å². The van der Waals surface area contributed by atoms with E-state index in [9.17, 15) is 5.11 Å². The Balaban J connectivity index is 2.97. The molecule has 2 N–H and O–H groups in total. The van der Waals surface area contributed by atoms with Crippen LogP contribution in [0.1, 0.15) is 28.6 Å². The van der Waals surface area contributed by atoms with Gasteiger partial charge in [-0.3, -0.25) is 0 Å². The molecule has 0 fully saturated rings. The molecule has 1 rings (SSSR count). The number of rotatable bonds is 2. The summed E-state index contributed by atoms with van der Waals surface area (Å²) in [7, 11) is 0. The van der Waals surface area contributed by atoms with Gasteiger partial charge >= 0.3 is 0 Å². The molecule has 1 heterocycles. The molecule has 0 aliphatic carbocycles. The van der Waals surface area contributed by atoms with E-state index in [0.29, 0.717) is 5.01 Å². The van der Waals surface area contributed by atoms with E-state index in [0.717, 1.165) is 10.6 Å². The van der Waals surface area contributed by atoms with Crippen LogP contribution in [0.5, 0.6) is 0 Å². The first-order chi connectivity index (χ1) is 5.15. The van der Waals surface area contributed by atoms with Crippen LogP contribution in [0.15, 0.2) is 0 Å². The molecule has 3 nitrogen and oxygen atoms in total. The monoisotopic (exact) mass is 173 g/mol. The minimum Gasteiger partial charge on any atom is -0.389 e. The number of thiazole rings is 1. The van der Waals surface area contributed by atoms with Gasteiger partial charge in [0.05, 0.1) is 23.3 Å². The number of hydrogen-bond donors (Lipinski definition) is 2. The van der Waals surface area contributed by atoms with Gasteiger partial charge in [-0.05, 0) is 13.8 Å². The Morgan fingerprint density at radius 1 is 1.64 bits per heavy atom. The highest BCUT2D eigenvalue weighted by Crippen LogP contribution is 2.24. The third kappa shape index (κ3) is 1.77. The summed E-state index contributed by atoms with van der Waals surface area (Å²) in [6.07, 6.45) is -0.479. The lowest BCUT2D eigenvalue weighted by Crippen LogP contribution is -1.88. The second-order valence-corrected chi connectivity index (χ2v) is 3.51. The van der Waals surface area contributed by atoms with Gasteiger partial charge in [-0.2, -0.15) is 0 Å². The van der Waals surface area contributed by atoms with Crippen LogP contribution in [0.25, 0.3) is 0 Å². The van der Waals surface area contributed by atoms with E-state index in [1.165, 1.54) is 11.3 Å². The molecule has 0 aromatic carbocycles. The molecule has 0 amide bonds. The molecule has 0 radical (unpaired) electrons. The lowest BCUT2D eigenvalue weighted by Gasteiger charge is -1.98. The first-order valence-electron chi connectivity index (χ1n) is 3.40. The molecule has 0 bridgehead atoms. The summed E-state index contributed by atoms with van der Waals surface area (Å²) >= 11 is 1.36. The second kappa shape index (κ2) is 3.30. The molecule has 0 saturated heterocycles. The van der Waals surface area contributed by atoms with E-state index in [2.05, 4.69) is 4.98 Å². The second-order valence-electron chi connectivity index (χ2n) is 2.39. The van der Waals surface area contributed by atoms with Gasteiger partial charge in [0.2, 0.25) is 0 Å². The highest BCUT2D eigenvalue weighted by molar-refractivity contribution is 7.11. The average molecular weight is 173 g/mol. The number of nitrogens with zero attached hydrogens (tertiary/aromatic N) is 1. The summed E-state index contributed by atoms with van der Waals surface area (Å²) in [6.45, 7) is 3.48. The molecule has 11 heavy (non-hydrogen) atoms. The van der Waals surface area contributed by atoms with E-state index in [4.69, 9.17) is 5.11 Å². The SMILES string of the molecule is Cc1nc(CO)sc1C(C)O. The van der Waals surface area contributed by atoms with Crippen molar-refractivity contribution < 1.29 is 10.2 Å². The highest BCUT2D eigenvalue weighted by atomic mass is 32.1. The van der Waals surface area contributed by atoms with Crippen molar-refractivity contribution in [1.82, 2.24) is 4.98 Å². The van der Waals surface area contributed by atoms with Gasteiger partial charge < -0.3 is 10.2 Å². The minimum absolute atomic E-state index is 0.0434. The quantitative estimate of drug-likeness (QED) is 0.701. The number of aliphatic hydroxyl groups excluding tert-OH is 2. The molecule has 1 aromatic heterocycles. The van der Waals surface area contributed by atoms with E-state index in [1.54, 1.807) is 6.92 Å². The van der Waals surface area contributed by atoms with Crippen LogP contribution >= 0.6 is 11.3 Å². The first kappa shape index (κ1) is 8.64. The topological polar surface area (TPSA) is 53.4 Å². The smallest absolute Gasteiger partial charge is 0.119 e. The number of aryl methyl sites for hydroxylation is 1. The van der Waals surface area contributed by atoms with Crippen molar-refractivity contribution in [2.45, 2.75) is 26.6 Å². The third-order valence-corrected chi connectivity index (χ3v) is 2.70. The molecule has 1 unspecified atom stereocenters.